The molecule has 2 aliphatic rings. The summed E-state index contributed by atoms with van der Waals surface area (Å²) >= 11 is 0. The first kappa shape index (κ1) is 19.0. The molecule has 23 heavy (non-hydrogen) atoms. The molecule has 0 amide bonds. The first-order valence-electron chi connectivity index (χ1n) is 9.23. The fourth-order valence-corrected chi connectivity index (χ4v) is 5.89. The summed E-state index contributed by atoms with van der Waals surface area (Å²) in [7, 11) is 0. The van der Waals surface area contributed by atoms with Crippen LogP contribution in [-0.4, -0.2) is 33.6 Å². The lowest BCUT2D eigenvalue weighted by atomic mass is 9.45. The highest BCUT2D eigenvalue weighted by molar-refractivity contribution is 5.09. The largest absolute Gasteiger partial charge is 0.393 e. The minimum absolute atomic E-state index is 0.147. The lowest BCUT2D eigenvalue weighted by Gasteiger charge is -2.61. The Bertz CT molecular complexity index is 440. The first-order chi connectivity index (χ1) is 10.5. The van der Waals surface area contributed by atoms with Crippen molar-refractivity contribution in [3.63, 3.8) is 0 Å². The topological polar surface area (TPSA) is 60.7 Å². The van der Waals surface area contributed by atoms with E-state index < -0.39 is 11.7 Å². The van der Waals surface area contributed by atoms with E-state index in [2.05, 4.69) is 27.4 Å². The highest BCUT2D eigenvalue weighted by Crippen LogP contribution is 2.62. The highest BCUT2D eigenvalue weighted by Gasteiger charge is 2.57. The summed E-state index contributed by atoms with van der Waals surface area (Å²) in [5, 5.41) is 29.9. The molecule has 3 N–H and O–H groups in total. The first-order valence-corrected chi connectivity index (χ1v) is 9.23. The number of rotatable bonds is 5. The second-order valence-electron chi connectivity index (χ2n) is 9.24. The van der Waals surface area contributed by atoms with Gasteiger partial charge in [-0.05, 0) is 73.7 Å². The van der Waals surface area contributed by atoms with Gasteiger partial charge in [-0.25, -0.2) is 0 Å². The zero-order chi connectivity index (χ0) is 17.5. The van der Waals surface area contributed by atoms with Crippen molar-refractivity contribution in [1.29, 1.82) is 0 Å². The summed E-state index contributed by atoms with van der Waals surface area (Å²) in [5.41, 5.74) is 0.518. The molecule has 0 heterocycles. The standard InChI is InChI=1S/C20H36O3/c1-14(15(22)13-21)7-8-17-19(4)11-6-10-18(2,3)16(19)9-12-20(17,5)23/h15-17,21-23H,1,6-13H2,2-5H3. The van der Waals surface area contributed by atoms with Gasteiger partial charge in [-0.2, -0.15) is 0 Å². The Labute approximate surface area is 141 Å². The molecule has 5 atom stereocenters. The maximum Gasteiger partial charge on any atom is 0.0978 e. The predicted octanol–water partition coefficient (Wildman–Crippen LogP) is 3.67. The lowest BCUT2D eigenvalue weighted by Crippen LogP contribution is -2.57. The van der Waals surface area contributed by atoms with Gasteiger partial charge in [0.2, 0.25) is 0 Å². The lowest BCUT2D eigenvalue weighted by molar-refractivity contribution is -0.169. The van der Waals surface area contributed by atoms with E-state index >= 15 is 0 Å². The molecule has 2 saturated carbocycles. The van der Waals surface area contributed by atoms with Gasteiger partial charge in [0, 0.05) is 0 Å². The molecule has 2 aliphatic carbocycles. The van der Waals surface area contributed by atoms with Crippen molar-refractivity contribution >= 4 is 0 Å². The van der Waals surface area contributed by atoms with Gasteiger partial charge in [0.1, 0.15) is 0 Å². The maximum absolute atomic E-state index is 11.1. The molecule has 0 aromatic carbocycles. The van der Waals surface area contributed by atoms with Crippen molar-refractivity contribution in [2.24, 2.45) is 22.7 Å². The summed E-state index contributed by atoms with van der Waals surface area (Å²) in [5.74, 6) is 0.862. The van der Waals surface area contributed by atoms with E-state index in [0.29, 0.717) is 23.3 Å². The smallest absolute Gasteiger partial charge is 0.0978 e. The molecular formula is C20H36O3. The quantitative estimate of drug-likeness (QED) is 0.676. The molecule has 3 nitrogen and oxygen atoms in total. The van der Waals surface area contributed by atoms with Crippen LogP contribution < -0.4 is 0 Å². The second kappa shape index (κ2) is 6.50. The van der Waals surface area contributed by atoms with Crippen molar-refractivity contribution in [3.05, 3.63) is 12.2 Å². The van der Waals surface area contributed by atoms with Crippen LogP contribution in [0.3, 0.4) is 0 Å². The van der Waals surface area contributed by atoms with Crippen molar-refractivity contribution in [1.82, 2.24) is 0 Å². The van der Waals surface area contributed by atoms with Gasteiger partial charge in [0.25, 0.3) is 0 Å². The zero-order valence-electron chi connectivity index (χ0n) is 15.4. The third-order valence-electron chi connectivity index (χ3n) is 7.16. The number of fused-ring (bicyclic) bond motifs is 1. The molecule has 3 heteroatoms. The van der Waals surface area contributed by atoms with Crippen LogP contribution in [0.5, 0.6) is 0 Å². The van der Waals surface area contributed by atoms with Gasteiger partial charge >= 0.3 is 0 Å². The molecule has 0 bridgehead atoms. The number of aliphatic hydroxyl groups excluding tert-OH is 2. The van der Waals surface area contributed by atoms with E-state index in [1.807, 2.05) is 6.92 Å². The predicted molar refractivity (Wildman–Crippen MR) is 94.0 cm³/mol. The molecular weight excluding hydrogens is 288 g/mol. The van der Waals surface area contributed by atoms with Gasteiger partial charge in [-0.15, -0.1) is 0 Å². The molecule has 0 radical (unpaired) electrons. The minimum atomic E-state index is -0.838. The van der Waals surface area contributed by atoms with E-state index in [9.17, 15) is 10.2 Å². The Morgan fingerprint density at radius 2 is 1.83 bits per heavy atom. The van der Waals surface area contributed by atoms with E-state index in [-0.39, 0.29) is 17.9 Å². The van der Waals surface area contributed by atoms with E-state index in [4.69, 9.17) is 5.11 Å². The Hall–Kier alpha value is -0.380. The van der Waals surface area contributed by atoms with Crippen molar-refractivity contribution in [2.45, 2.75) is 84.3 Å². The fraction of sp³-hybridized carbons (Fsp3) is 0.900. The molecule has 0 aliphatic heterocycles. The maximum atomic E-state index is 11.1. The zero-order valence-corrected chi connectivity index (χ0v) is 15.4. The Morgan fingerprint density at radius 1 is 1.17 bits per heavy atom. The van der Waals surface area contributed by atoms with Crippen molar-refractivity contribution in [3.8, 4) is 0 Å². The molecule has 0 saturated heterocycles. The molecule has 134 valence electrons. The van der Waals surface area contributed by atoms with Crippen LogP contribution in [0.15, 0.2) is 12.2 Å². The molecule has 2 rings (SSSR count). The van der Waals surface area contributed by atoms with Gasteiger partial charge in [-0.1, -0.05) is 33.8 Å². The number of hydrogen-bond acceptors (Lipinski definition) is 3. The molecule has 2 fully saturated rings. The third-order valence-corrected chi connectivity index (χ3v) is 7.16. The highest BCUT2D eigenvalue weighted by atomic mass is 16.3. The Kier molecular flexibility index (Phi) is 5.35. The fourth-order valence-electron chi connectivity index (χ4n) is 5.89. The SMILES string of the molecule is C=C(CCC1C(C)(O)CCC2C(C)(C)CCCC21C)C(O)CO. The summed E-state index contributed by atoms with van der Waals surface area (Å²) in [6, 6.07) is 0. The number of hydrogen-bond donors (Lipinski definition) is 3. The molecule has 0 aromatic heterocycles. The van der Waals surface area contributed by atoms with Crippen LogP contribution >= 0.6 is 0 Å². The van der Waals surface area contributed by atoms with Crippen molar-refractivity contribution in [2.75, 3.05) is 6.61 Å². The average molecular weight is 325 g/mol. The van der Waals surface area contributed by atoms with E-state index in [0.717, 1.165) is 19.3 Å². The monoisotopic (exact) mass is 324 g/mol. The van der Waals surface area contributed by atoms with E-state index in [1.54, 1.807) is 0 Å². The van der Waals surface area contributed by atoms with Crippen LogP contribution in [0, 0.1) is 22.7 Å². The molecule has 0 spiro atoms. The van der Waals surface area contributed by atoms with Crippen LogP contribution in [0.2, 0.25) is 0 Å². The van der Waals surface area contributed by atoms with Gasteiger partial charge < -0.3 is 15.3 Å². The van der Waals surface area contributed by atoms with Crippen LogP contribution in [0.25, 0.3) is 0 Å². The van der Waals surface area contributed by atoms with Gasteiger partial charge in [-0.3, -0.25) is 0 Å². The molecule has 5 unspecified atom stereocenters. The molecule has 0 aromatic rings. The van der Waals surface area contributed by atoms with Crippen LogP contribution in [0.1, 0.15) is 72.6 Å². The van der Waals surface area contributed by atoms with Crippen LogP contribution in [0.4, 0.5) is 0 Å². The van der Waals surface area contributed by atoms with Gasteiger partial charge in [0.05, 0.1) is 18.3 Å². The van der Waals surface area contributed by atoms with Crippen molar-refractivity contribution < 1.29 is 15.3 Å². The summed E-state index contributed by atoms with van der Waals surface area (Å²) in [4.78, 5) is 0. The Balaban J connectivity index is 2.21. The summed E-state index contributed by atoms with van der Waals surface area (Å²) in [6.07, 6.45) is 6.32. The van der Waals surface area contributed by atoms with Gasteiger partial charge in [0.15, 0.2) is 0 Å². The second-order valence-corrected chi connectivity index (χ2v) is 9.24. The average Bonchev–Trinajstić information content (AvgIpc) is 2.43. The van der Waals surface area contributed by atoms with Crippen LogP contribution in [-0.2, 0) is 0 Å². The summed E-state index contributed by atoms with van der Waals surface area (Å²) in [6.45, 7) is 12.8. The third kappa shape index (κ3) is 3.52. The number of aliphatic hydroxyl groups is 3. The normalized spacial score (nSPS) is 41.2. The minimum Gasteiger partial charge on any atom is -0.393 e. The van der Waals surface area contributed by atoms with E-state index in [1.165, 1.54) is 19.3 Å². The Morgan fingerprint density at radius 3 is 2.43 bits per heavy atom. The summed E-state index contributed by atoms with van der Waals surface area (Å²) < 4.78 is 0.